The van der Waals surface area contributed by atoms with Gasteiger partial charge in [-0.3, -0.25) is 9.69 Å². The molecule has 174 valence electrons. The lowest BCUT2D eigenvalue weighted by molar-refractivity contribution is -0.137. The molecule has 2 aromatic carbocycles. The molecule has 8 heteroatoms. The van der Waals surface area contributed by atoms with E-state index in [1.807, 2.05) is 46.2 Å². The molecule has 33 heavy (non-hydrogen) atoms. The minimum Gasteiger partial charge on any atom is -0.467 e. The number of nitrogens with zero attached hydrogens (tertiary/aromatic N) is 3. The Morgan fingerprint density at radius 2 is 1.67 bits per heavy atom. The highest BCUT2D eigenvalue weighted by atomic mass is 19.4. The fraction of sp³-hybridized carbons (Fsp3) is 0.320. The van der Waals surface area contributed by atoms with Crippen molar-refractivity contribution in [2.75, 3.05) is 37.6 Å². The first-order valence-corrected chi connectivity index (χ1v) is 10.9. The van der Waals surface area contributed by atoms with Gasteiger partial charge in [-0.15, -0.1) is 0 Å². The first-order chi connectivity index (χ1) is 15.9. The first kappa shape index (κ1) is 22.9. The topological polar surface area (TPSA) is 39.9 Å². The lowest BCUT2D eigenvalue weighted by Gasteiger charge is -2.36. The highest BCUT2D eigenvalue weighted by molar-refractivity contribution is 5.78. The SMILES string of the molecule is O=C(CN1CCN(c2cccc(C(F)(F)F)c2)CC1)N(Cc1ccccc1)Cc1ccco1. The Kier molecular flexibility index (Phi) is 7.03. The van der Waals surface area contributed by atoms with E-state index in [0.717, 1.165) is 11.6 Å². The van der Waals surface area contributed by atoms with Crippen LogP contribution in [0.15, 0.2) is 77.4 Å². The lowest BCUT2D eigenvalue weighted by Crippen LogP contribution is -2.50. The van der Waals surface area contributed by atoms with Crippen molar-refractivity contribution in [1.29, 1.82) is 0 Å². The number of hydrogen-bond acceptors (Lipinski definition) is 4. The van der Waals surface area contributed by atoms with E-state index in [9.17, 15) is 18.0 Å². The molecule has 0 saturated carbocycles. The number of halogens is 3. The molecule has 0 aliphatic carbocycles. The number of furan rings is 1. The number of amides is 1. The number of benzene rings is 2. The van der Waals surface area contributed by atoms with Crippen LogP contribution in [0.4, 0.5) is 18.9 Å². The van der Waals surface area contributed by atoms with Crippen LogP contribution in [-0.2, 0) is 24.1 Å². The Balaban J connectivity index is 1.36. The standard InChI is InChI=1S/C25H26F3N3O2/c26-25(27,28)21-8-4-9-22(16-21)30-13-11-29(12-14-30)19-24(32)31(18-23-10-5-15-33-23)17-20-6-2-1-3-7-20/h1-10,15-16H,11-14,17-19H2. The molecule has 0 atom stereocenters. The van der Waals surface area contributed by atoms with Gasteiger partial charge in [-0.2, -0.15) is 13.2 Å². The number of hydrogen-bond donors (Lipinski definition) is 0. The zero-order chi connectivity index (χ0) is 23.3. The van der Waals surface area contributed by atoms with Crippen molar-refractivity contribution in [3.8, 4) is 0 Å². The Morgan fingerprint density at radius 3 is 2.33 bits per heavy atom. The predicted molar refractivity (Wildman–Crippen MR) is 120 cm³/mol. The van der Waals surface area contributed by atoms with Gasteiger partial charge in [0.15, 0.2) is 0 Å². The molecule has 1 aliphatic heterocycles. The van der Waals surface area contributed by atoms with Crippen molar-refractivity contribution >= 4 is 11.6 Å². The number of piperazine rings is 1. The summed E-state index contributed by atoms with van der Waals surface area (Å²) in [7, 11) is 0. The summed E-state index contributed by atoms with van der Waals surface area (Å²) in [5.74, 6) is 0.705. The third-order valence-electron chi connectivity index (χ3n) is 5.77. The number of carbonyl (C=O) groups excluding carboxylic acids is 1. The Morgan fingerprint density at radius 1 is 0.909 bits per heavy atom. The van der Waals surface area contributed by atoms with E-state index in [1.165, 1.54) is 12.1 Å². The summed E-state index contributed by atoms with van der Waals surface area (Å²) in [4.78, 5) is 18.9. The van der Waals surface area contributed by atoms with Gasteiger partial charge in [0.1, 0.15) is 5.76 Å². The van der Waals surface area contributed by atoms with Crippen molar-refractivity contribution < 1.29 is 22.4 Å². The molecular formula is C25H26F3N3O2. The van der Waals surface area contributed by atoms with Crippen LogP contribution in [0.3, 0.4) is 0 Å². The summed E-state index contributed by atoms with van der Waals surface area (Å²) >= 11 is 0. The number of rotatable bonds is 7. The summed E-state index contributed by atoms with van der Waals surface area (Å²) in [5.41, 5.74) is 0.943. The monoisotopic (exact) mass is 457 g/mol. The molecule has 4 rings (SSSR count). The minimum atomic E-state index is -4.36. The van der Waals surface area contributed by atoms with E-state index in [4.69, 9.17) is 4.42 Å². The molecule has 1 saturated heterocycles. The molecule has 3 aromatic rings. The molecule has 0 unspecified atom stereocenters. The van der Waals surface area contributed by atoms with Gasteiger partial charge in [0, 0.05) is 38.4 Å². The van der Waals surface area contributed by atoms with Gasteiger partial charge in [0.25, 0.3) is 0 Å². The van der Waals surface area contributed by atoms with E-state index in [-0.39, 0.29) is 12.5 Å². The van der Waals surface area contributed by atoms with Gasteiger partial charge >= 0.3 is 6.18 Å². The third kappa shape index (κ3) is 6.16. The maximum atomic E-state index is 13.2. The second-order valence-corrected chi connectivity index (χ2v) is 8.13. The maximum absolute atomic E-state index is 13.2. The summed E-state index contributed by atoms with van der Waals surface area (Å²) in [6, 6.07) is 18.8. The number of carbonyl (C=O) groups is 1. The van der Waals surface area contributed by atoms with Crippen LogP contribution < -0.4 is 4.90 Å². The molecule has 1 aliphatic rings. The molecule has 0 radical (unpaired) electrons. The van der Waals surface area contributed by atoms with Crippen molar-refractivity contribution in [2.45, 2.75) is 19.3 Å². The van der Waals surface area contributed by atoms with Gasteiger partial charge in [-0.25, -0.2) is 0 Å². The first-order valence-electron chi connectivity index (χ1n) is 10.9. The van der Waals surface area contributed by atoms with Gasteiger partial charge in [0.2, 0.25) is 5.91 Å². The van der Waals surface area contributed by atoms with Gasteiger partial charge in [-0.1, -0.05) is 36.4 Å². The van der Waals surface area contributed by atoms with E-state index < -0.39 is 11.7 Å². The van der Waals surface area contributed by atoms with E-state index >= 15 is 0 Å². The van der Waals surface area contributed by atoms with E-state index in [2.05, 4.69) is 0 Å². The fourth-order valence-electron chi connectivity index (χ4n) is 3.96. The summed E-state index contributed by atoms with van der Waals surface area (Å²) in [6.45, 7) is 3.43. The van der Waals surface area contributed by atoms with Crippen molar-refractivity contribution in [1.82, 2.24) is 9.80 Å². The minimum absolute atomic E-state index is 0.0113. The van der Waals surface area contributed by atoms with Gasteiger partial charge in [-0.05, 0) is 35.9 Å². The zero-order valence-electron chi connectivity index (χ0n) is 18.2. The largest absolute Gasteiger partial charge is 0.467 e. The van der Waals surface area contributed by atoms with Crippen LogP contribution in [0, 0.1) is 0 Å². The van der Waals surface area contributed by atoms with Crippen LogP contribution in [0.2, 0.25) is 0 Å². The van der Waals surface area contributed by atoms with Crippen molar-refractivity contribution in [2.24, 2.45) is 0 Å². The highest BCUT2D eigenvalue weighted by Gasteiger charge is 2.31. The summed E-state index contributed by atoms with van der Waals surface area (Å²) < 4.78 is 44.5. The molecule has 1 fully saturated rings. The Labute approximate surface area is 191 Å². The Bertz CT molecular complexity index is 1030. The smallest absolute Gasteiger partial charge is 0.416 e. The van der Waals surface area contributed by atoms with Gasteiger partial charge < -0.3 is 14.2 Å². The predicted octanol–water partition coefficient (Wildman–Crippen LogP) is 4.65. The van der Waals surface area contributed by atoms with Crippen LogP contribution in [-0.4, -0.2) is 48.4 Å². The second kappa shape index (κ2) is 10.1. The molecule has 0 bridgehead atoms. The molecule has 1 amide bonds. The average molecular weight is 457 g/mol. The zero-order valence-corrected chi connectivity index (χ0v) is 18.2. The van der Waals surface area contributed by atoms with E-state index in [1.54, 1.807) is 23.3 Å². The van der Waals surface area contributed by atoms with Crippen LogP contribution in [0.5, 0.6) is 0 Å². The second-order valence-electron chi connectivity index (χ2n) is 8.13. The summed E-state index contributed by atoms with van der Waals surface area (Å²) in [6.07, 6.45) is -2.77. The average Bonchev–Trinajstić information content (AvgIpc) is 3.33. The Hall–Kier alpha value is -3.26. The number of anilines is 1. The lowest BCUT2D eigenvalue weighted by atomic mass is 10.1. The molecule has 0 spiro atoms. The van der Waals surface area contributed by atoms with Crippen molar-refractivity contribution in [3.05, 3.63) is 89.9 Å². The molecule has 0 N–H and O–H groups in total. The molecular weight excluding hydrogens is 431 g/mol. The van der Waals surface area contributed by atoms with Crippen LogP contribution in [0.1, 0.15) is 16.9 Å². The molecule has 1 aromatic heterocycles. The highest BCUT2D eigenvalue weighted by Crippen LogP contribution is 2.31. The van der Waals surface area contributed by atoms with Crippen LogP contribution >= 0.6 is 0 Å². The van der Waals surface area contributed by atoms with E-state index in [0.29, 0.717) is 50.7 Å². The molecule has 5 nitrogen and oxygen atoms in total. The van der Waals surface area contributed by atoms with Gasteiger partial charge in [0.05, 0.1) is 24.9 Å². The quantitative estimate of drug-likeness (QED) is 0.518. The van der Waals surface area contributed by atoms with Crippen molar-refractivity contribution in [3.63, 3.8) is 0 Å². The third-order valence-corrected chi connectivity index (χ3v) is 5.77. The normalized spacial score (nSPS) is 14.9. The number of alkyl halides is 3. The maximum Gasteiger partial charge on any atom is 0.416 e. The summed E-state index contributed by atoms with van der Waals surface area (Å²) in [5, 5.41) is 0. The fourth-order valence-corrected chi connectivity index (χ4v) is 3.96. The molecule has 2 heterocycles. The van der Waals surface area contributed by atoms with Crippen LogP contribution in [0.25, 0.3) is 0 Å².